The second kappa shape index (κ2) is 6.15. The van der Waals surface area contributed by atoms with Crippen LogP contribution in [0.4, 0.5) is 0 Å². The van der Waals surface area contributed by atoms with Gasteiger partial charge in [-0.1, -0.05) is 60.8 Å². The first-order chi connectivity index (χ1) is 11.8. The van der Waals surface area contributed by atoms with E-state index in [-0.39, 0.29) is 23.3 Å². The van der Waals surface area contributed by atoms with Gasteiger partial charge >= 0.3 is 17.4 Å². The molecule has 2 heteroatoms. The van der Waals surface area contributed by atoms with Gasteiger partial charge in [0.05, 0.1) is 5.52 Å². The average Bonchev–Trinajstić information content (AvgIpc) is 2.97. The van der Waals surface area contributed by atoms with E-state index in [2.05, 4.69) is 78.6 Å². The third kappa shape index (κ3) is 2.42. The molecule has 0 saturated heterocycles. The average molecular weight is 358 g/mol. The molecule has 1 atom stereocenters. The Bertz CT molecular complexity index is 1120. The van der Waals surface area contributed by atoms with Crippen molar-refractivity contribution in [1.29, 1.82) is 0 Å². The molecule has 1 nitrogen and oxygen atoms in total. The molecule has 1 heterocycles. The molecule has 5 rings (SSSR count). The van der Waals surface area contributed by atoms with Crippen molar-refractivity contribution in [3.8, 4) is 0 Å². The number of pyridine rings is 1. The van der Waals surface area contributed by atoms with Crippen LogP contribution in [0.3, 0.4) is 0 Å². The van der Waals surface area contributed by atoms with E-state index in [1.807, 2.05) is 12.3 Å². The predicted octanol–water partition coefficient (Wildman–Crippen LogP) is 5.63. The van der Waals surface area contributed by atoms with Crippen LogP contribution < -0.4 is 0 Å². The molecule has 0 spiro atoms. The van der Waals surface area contributed by atoms with Crippen LogP contribution in [-0.4, -0.2) is 4.98 Å². The summed E-state index contributed by atoms with van der Waals surface area (Å²) < 4.78 is 0. The van der Waals surface area contributed by atoms with E-state index in [1.54, 1.807) is 0 Å². The summed E-state index contributed by atoms with van der Waals surface area (Å²) in [7, 11) is 0. The SMILES string of the molecule is CC1=[C-]c2ccc3ccccc3c2C1c1cccc2cccnc12.[Cr+3]. The molecule has 25 heavy (non-hydrogen) atoms. The molecular formula is C23H16CrN+2. The Kier molecular flexibility index (Phi) is 3.96. The predicted molar refractivity (Wildman–Crippen MR) is 99.1 cm³/mol. The molecule has 1 unspecified atom stereocenters. The normalized spacial score (nSPS) is 15.7. The number of allylic oxidation sites excluding steroid dienone is 1. The molecule has 1 aliphatic rings. The first kappa shape index (κ1) is 16.1. The molecule has 0 amide bonds. The van der Waals surface area contributed by atoms with Gasteiger partial charge in [0.25, 0.3) is 0 Å². The third-order valence-electron chi connectivity index (χ3n) is 5.00. The molecule has 0 aliphatic heterocycles. The summed E-state index contributed by atoms with van der Waals surface area (Å²) in [5.41, 5.74) is 6.20. The van der Waals surface area contributed by atoms with Crippen LogP contribution in [0.1, 0.15) is 29.5 Å². The van der Waals surface area contributed by atoms with Crippen LogP contribution in [0.15, 0.2) is 78.5 Å². The molecule has 0 fully saturated rings. The van der Waals surface area contributed by atoms with Crippen LogP contribution in [0, 0.1) is 6.08 Å². The molecule has 4 aromatic rings. The van der Waals surface area contributed by atoms with Crippen molar-refractivity contribution < 1.29 is 17.4 Å². The van der Waals surface area contributed by atoms with E-state index in [1.165, 1.54) is 38.4 Å². The molecule has 0 bridgehead atoms. The van der Waals surface area contributed by atoms with Crippen LogP contribution in [0.25, 0.3) is 21.7 Å². The van der Waals surface area contributed by atoms with E-state index in [0.29, 0.717) is 0 Å². The number of fused-ring (bicyclic) bond motifs is 4. The van der Waals surface area contributed by atoms with Crippen molar-refractivity contribution in [2.45, 2.75) is 12.8 Å². The van der Waals surface area contributed by atoms with Crippen molar-refractivity contribution in [3.05, 3.63) is 101 Å². The monoisotopic (exact) mass is 358 g/mol. The summed E-state index contributed by atoms with van der Waals surface area (Å²) in [6.07, 6.45) is 5.47. The molecule has 1 aliphatic carbocycles. The third-order valence-corrected chi connectivity index (χ3v) is 5.00. The molecule has 3 aromatic carbocycles. The van der Waals surface area contributed by atoms with Gasteiger partial charge in [-0.3, -0.25) is 4.98 Å². The zero-order valence-electron chi connectivity index (χ0n) is 13.9. The van der Waals surface area contributed by atoms with Gasteiger partial charge in [-0.25, -0.2) is 0 Å². The van der Waals surface area contributed by atoms with Gasteiger partial charge in [-0.05, 0) is 22.9 Å². The first-order valence-electron chi connectivity index (χ1n) is 8.29. The van der Waals surface area contributed by atoms with Gasteiger partial charge in [-0.2, -0.15) is 17.7 Å². The number of hydrogen-bond donors (Lipinski definition) is 0. The zero-order chi connectivity index (χ0) is 16.1. The maximum Gasteiger partial charge on any atom is 3.00 e. The second-order valence-corrected chi connectivity index (χ2v) is 6.41. The second-order valence-electron chi connectivity index (χ2n) is 6.41. The van der Waals surface area contributed by atoms with Crippen LogP contribution in [-0.2, 0) is 17.4 Å². The Balaban J connectivity index is 0.00000157. The maximum atomic E-state index is 4.67. The van der Waals surface area contributed by atoms with Crippen molar-refractivity contribution in [1.82, 2.24) is 4.98 Å². The standard InChI is InChI=1S/C23H16N.Cr/c1-15-14-18-12-11-16-6-2-3-9-19(16)22(18)21(15)20-10-4-7-17-8-5-13-24-23(17)20;/h2-13,21H,1H3;/q-1;+3. The fourth-order valence-electron chi connectivity index (χ4n) is 3.97. The maximum absolute atomic E-state index is 4.67. The summed E-state index contributed by atoms with van der Waals surface area (Å²) in [4.78, 5) is 4.67. The molecular weight excluding hydrogens is 342 g/mol. The van der Waals surface area contributed by atoms with Gasteiger partial charge in [0.15, 0.2) is 0 Å². The minimum atomic E-state index is 0. The van der Waals surface area contributed by atoms with Gasteiger partial charge in [0, 0.05) is 11.6 Å². The van der Waals surface area contributed by atoms with Crippen LogP contribution >= 0.6 is 0 Å². The molecule has 0 N–H and O–H groups in total. The summed E-state index contributed by atoms with van der Waals surface area (Å²) in [6, 6.07) is 23.6. The molecule has 1 aromatic heterocycles. The number of hydrogen-bond acceptors (Lipinski definition) is 1. The zero-order valence-corrected chi connectivity index (χ0v) is 15.1. The van der Waals surface area contributed by atoms with E-state index < -0.39 is 0 Å². The van der Waals surface area contributed by atoms with Crippen LogP contribution in [0.2, 0.25) is 0 Å². The van der Waals surface area contributed by atoms with Crippen molar-refractivity contribution in [2.24, 2.45) is 0 Å². The fraction of sp³-hybridized carbons (Fsp3) is 0.0870. The van der Waals surface area contributed by atoms with E-state index in [4.69, 9.17) is 0 Å². The smallest absolute Gasteiger partial charge is 0.256 e. The van der Waals surface area contributed by atoms with E-state index >= 15 is 0 Å². The Morgan fingerprint density at radius 3 is 2.56 bits per heavy atom. The molecule has 117 valence electrons. The largest absolute Gasteiger partial charge is 3.00 e. The summed E-state index contributed by atoms with van der Waals surface area (Å²) in [5.74, 6) is 0.227. The van der Waals surface area contributed by atoms with E-state index in [9.17, 15) is 0 Å². The number of rotatable bonds is 1. The van der Waals surface area contributed by atoms with Crippen LogP contribution in [0.5, 0.6) is 0 Å². The Hall–Kier alpha value is -2.40. The number of nitrogens with zero attached hydrogens (tertiary/aromatic N) is 1. The van der Waals surface area contributed by atoms with Gasteiger partial charge in [-0.15, -0.1) is 17.2 Å². The first-order valence-corrected chi connectivity index (χ1v) is 8.29. The van der Waals surface area contributed by atoms with Gasteiger partial charge in [0.2, 0.25) is 0 Å². The minimum Gasteiger partial charge on any atom is -0.256 e. The molecule has 1 radical (unpaired) electrons. The minimum absolute atomic E-state index is 0. The quantitative estimate of drug-likeness (QED) is 0.402. The van der Waals surface area contributed by atoms with Gasteiger partial charge < -0.3 is 0 Å². The van der Waals surface area contributed by atoms with Crippen molar-refractivity contribution in [3.63, 3.8) is 0 Å². The van der Waals surface area contributed by atoms with E-state index in [0.717, 1.165) is 5.52 Å². The van der Waals surface area contributed by atoms with Crippen molar-refractivity contribution in [2.75, 3.05) is 0 Å². The van der Waals surface area contributed by atoms with Crippen molar-refractivity contribution >= 4 is 21.7 Å². The van der Waals surface area contributed by atoms with Gasteiger partial charge in [0.1, 0.15) is 0 Å². The Morgan fingerprint density at radius 1 is 0.840 bits per heavy atom. The number of aromatic nitrogens is 1. The Labute approximate surface area is 158 Å². The number of para-hydroxylation sites is 1. The topological polar surface area (TPSA) is 12.9 Å². The summed E-state index contributed by atoms with van der Waals surface area (Å²) in [6.45, 7) is 2.18. The number of benzene rings is 3. The molecule has 0 saturated carbocycles. The summed E-state index contributed by atoms with van der Waals surface area (Å²) in [5, 5.41) is 3.79. The summed E-state index contributed by atoms with van der Waals surface area (Å²) >= 11 is 0. The fourth-order valence-corrected chi connectivity index (χ4v) is 3.97. The Morgan fingerprint density at radius 2 is 1.64 bits per heavy atom.